The molecule has 2 heterocycles. The van der Waals surface area contributed by atoms with Gasteiger partial charge in [0.2, 0.25) is 0 Å². The molecule has 0 radical (unpaired) electrons. The number of hydrogen-bond donors (Lipinski definition) is 0. The van der Waals surface area contributed by atoms with Gasteiger partial charge in [0.15, 0.2) is 17.8 Å². The Kier molecular flexibility index (Phi) is 6.86. The molecule has 1 saturated heterocycles. The van der Waals surface area contributed by atoms with Crippen LogP contribution in [-0.4, -0.2) is 32.1 Å². The summed E-state index contributed by atoms with van der Waals surface area (Å²) in [6.45, 7) is 0.726. The van der Waals surface area contributed by atoms with Crippen LogP contribution in [0.25, 0.3) is 0 Å². The maximum Gasteiger partial charge on any atom is 0.161 e. The molecule has 5 nitrogen and oxygen atoms in total. The van der Waals surface area contributed by atoms with Crippen molar-refractivity contribution in [2.24, 2.45) is 0 Å². The minimum atomic E-state index is -0.119. The van der Waals surface area contributed by atoms with Gasteiger partial charge in [0.1, 0.15) is 0 Å². The maximum absolute atomic E-state index is 6.06. The Morgan fingerprint density at radius 1 is 1.08 bits per heavy atom. The summed E-state index contributed by atoms with van der Waals surface area (Å²) in [5.74, 6) is 1.46. The smallest absolute Gasteiger partial charge is 0.161 e. The lowest BCUT2D eigenvalue weighted by Crippen LogP contribution is -2.12. The van der Waals surface area contributed by atoms with Gasteiger partial charge in [-0.2, -0.15) is 0 Å². The topological polar surface area (TPSA) is 49.8 Å². The molecule has 1 fully saturated rings. The first-order chi connectivity index (χ1) is 12.8. The van der Waals surface area contributed by atoms with Crippen molar-refractivity contribution in [1.29, 1.82) is 0 Å². The van der Waals surface area contributed by atoms with Crippen LogP contribution in [0.3, 0.4) is 0 Å². The molecule has 1 aromatic carbocycles. The molecule has 0 amide bonds. The van der Waals surface area contributed by atoms with Gasteiger partial charge in [-0.25, -0.2) is 0 Å². The highest BCUT2D eigenvalue weighted by Gasteiger charge is 2.27. The Bertz CT molecular complexity index is 677. The molecule has 5 heteroatoms. The second-order valence-electron chi connectivity index (χ2n) is 6.44. The van der Waals surface area contributed by atoms with Crippen LogP contribution >= 0.6 is 0 Å². The lowest BCUT2D eigenvalue weighted by atomic mass is 10.1. The Labute approximate surface area is 155 Å². The predicted molar refractivity (Wildman–Crippen MR) is 99.5 cm³/mol. The number of unbranched alkanes of at least 4 members (excludes halogenated alkanes) is 1. The molecule has 0 N–H and O–H groups in total. The maximum atomic E-state index is 6.06. The van der Waals surface area contributed by atoms with Crippen LogP contribution in [0.4, 0.5) is 0 Å². The van der Waals surface area contributed by atoms with Crippen molar-refractivity contribution >= 4 is 0 Å². The number of benzene rings is 1. The van der Waals surface area contributed by atoms with E-state index in [2.05, 4.69) is 11.1 Å². The van der Waals surface area contributed by atoms with Gasteiger partial charge in [-0.15, -0.1) is 0 Å². The standard InChI is InChI=1S/C21H27NO4/c1-23-19-9-8-17(14-20(19)24-2)18-10-11-21(26-18)25-13-4-3-6-16-7-5-12-22-15-16/h5,7-9,12,14-15,18,21H,3-4,6,10-11,13H2,1-2H3. The zero-order valence-corrected chi connectivity index (χ0v) is 15.5. The molecule has 1 aliphatic rings. The van der Waals surface area contributed by atoms with Crippen LogP contribution < -0.4 is 9.47 Å². The first kappa shape index (κ1) is 18.7. The number of rotatable bonds is 9. The fraction of sp³-hybridized carbons (Fsp3) is 0.476. The first-order valence-electron chi connectivity index (χ1n) is 9.18. The molecule has 2 aromatic rings. The summed E-state index contributed by atoms with van der Waals surface area (Å²) < 4.78 is 22.6. The lowest BCUT2D eigenvalue weighted by Gasteiger charge is -2.16. The fourth-order valence-corrected chi connectivity index (χ4v) is 3.22. The van der Waals surface area contributed by atoms with Crippen molar-refractivity contribution in [2.45, 2.75) is 44.5 Å². The molecule has 2 atom stereocenters. The van der Waals surface area contributed by atoms with Gasteiger partial charge in [0.05, 0.1) is 20.3 Å². The predicted octanol–water partition coefficient (Wildman–Crippen LogP) is 4.32. The summed E-state index contributed by atoms with van der Waals surface area (Å²) in [6.07, 6.45) is 8.69. The van der Waals surface area contributed by atoms with E-state index in [0.717, 1.165) is 55.8 Å². The molecule has 0 aliphatic carbocycles. The number of hydrogen-bond acceptors (Lipinski definition) is 5. The van der Waals surface area contributed by atoms with E-state index in [9.17, 15) is 0 Å². The van der Waals surface area contributed by atoms with Crippen molar-refractivity contribution in [3.8, 4) is 11.5 Å². The summed E-state index contributed by atoms with van der Waals surface area (Å²) in [5, 5.41) is 0. The summed E-state index contributed by atoms with van der Waals surface area (Å²) in [7, 11) is 3.29. The van der Waals surface area contributed by atoms with Gasteiger partial charge in [0, 0.05) is 25.4 Å². The van der Waals surface area contributed by atoms with E-state index < -0.39 is 0 Å². The monoisotopic (exact) mass is 357 g/mol. The number of methoxy groups -OCH3 is 2. The second-order valence-corrected chi connectivity index (χ2v) is 6.44. The molecular weight excluding hydrogens is 330 g/mol. The quantitative estimate of drug-likeness (QED) is 0.626. The third-order valence-electron chi connectivity index (χ3n) is 4.65. The van der Waals surface area contributed by atoms with Crippen LogP contribution in [0.2, 0.25) is 0 Å². The van der Waals surface area contributed by atoms with E-state index >= 15 is 0 Å². The normalized spacial score (nSPS) is 19.5. The van der Waals surface area contributed by atoms with Crippen LogP contribution in [-0.2, 0) is 15.9 Å². The molecule has 26 heavy (non-hydrogen) atoms. The van der Waals surface area contributed by atoms with E-state index in [1.807, 2.05) is 30.5 Å². The third-order valence-corrected chi connectivity index (χ3v) is 4.65. The van der Waals surface area contributed by atoms with Crippen molar-refractivity contribution in [2.75, 3.05) is 20.8 Å². The van der Waals surface area contributed by atoms with Gasteiger partial charge >= 0.3 is 0 Å². The number of nitrogens with zero attached hydrogens (tertiary/aromatic N) is 1. The van der Waals surface area contributed by atoms with E-state index in [4.69, 9.17) is 18.9 Å². The molecule has 2 unspecified atom stereocenters. The Morgan fingerprint density at radius 3 is 2.73 bits per heavy atom. The molecule has 3 rings (SSSR count). The average molecular weight is 357 g/mol. The summed E-state index contributed by atoms with van der Waals surface area (Å²) in [6, 6.07) is 10.0. The molecule has 0 saturated carbocycles. The highest BCUT2D eigenvalue weighted by Crippen LogP contribution is 2.37. The zero-order chi connectivity index (χ0) is 18.2. The Hall–Kier alpha value is -2.11. The van der Waals surface area contributed by atoms with E-state index in [1.54, 1.807) is 20.4 Å². The SMILES string of the molecule is COc1ccc(C2CCC(OCCCCc3cccnc3)O2)cc1OC. The van der Waals surface area contributed by atoms with Gasteiger partial charge in [-0.05, 0) is 55.0 Å². The zero-order valence-electron chi connectivity index (χ0n) is 15.5. The molecule has 0 spiro atoms. The van der Waals surface area contributed by atoms with Crippen LogP contribution in [0.5, 0.6) is 11.5 Å². The highest BCUT2D eigenvalue weighted by molar-refractivity contribution is 5.43. The van der Waals surface area contributed by atoms with Gasteiger partial charge in [-0.1, -0.05) is 12.1 Å². The molecule has 1 aliphatic heterocycles. The van der Waals surface area contributed by atoms with E-state index in [1.165, 1.54) is 5.56 Å². The van der Waals surface area contributed by atoms with Crippen molar-refractivity contribution in [1.82, 2.24) is 4.98 Å². The first-order valence-corrected chi connectivity index (χ1v) is 9.18. The molecule has 0 bridgehead atoms. The number of aromatic nitrogens is 1. The molecule has 1 aromatic heterocycles. The van der Waals surface area contributed by atoms with Gasteiger partial charge < -0.3 is 18.9 Å². The van der Waals surface area contributed by atoms with E-state index in [-0.39, 0.29) is 12.4 Å². The summed E-state index contributed by atoms with van der Waals surface area (Å²) in [5.41, 5.74) is 2.38. The second kappa shape index (κ2) is 9.55. The lowest BCUT2D eigenvalue weighted by molar-refractivity contribution is -0.135. The third kappa shape index (κ3) is 4.96. The largest absolute Gasteiger partial charge is 0.493 e. The molecular formula is C21H27NO4. The minimum Gasteiger partial charge on any atom is -0.493 e. The highest BCUT2D eigenvalue weighted by atomic mass is 16.7. The van der Waals surface area contributed by atoms with Crippen LogP contribution in [0.15, 0.2) is 42.7 Å². The number of aryl methyl sites for hydroxylation is 1. The summed E-state index contributed by atoms with van der Waals surface area (Å²) >= 11 is 0. The minimum absolute atomic E-state index is 0.0511. The Morgan fingerprint density at radius 2 is 1.96 bits per heavy atom. The van der Waals surface area contributed by atoms with E-state index in [0.29, 0.717) is 0 Å². The number of ether oxygens (including phenoxy) is 4. The number of pyridine rings is 1. The average Bonchev–Trinajstić information content (AvgIpc) is 3.17. The van der Waals surface area contributed by atoms with Crippen molar-refractivity contribution in [3.63, 3.8) is 0 Å². The van der Waals surface area contributed by atoms with Crippen LogP contribution in [0, 0.1) is 0 Å². The summed E-state index contributed by atoms with van der Waals surface area (Å²) in [4.78, 5) is 4.14. The van der Waals surface area contributed by atoms with Crippen molar-refractivity contribution < 1.29 is 18.9 Å². The van der Waals surface area contributed by atoms with Crippen LogP contribution in [0.1, 0.15) is 42.9 Å². The van der Waals surface area contributed by atoms with Crippen molar-refractivity contribution in [3.05, 3.63) is 53.9 Å². The fourth-order valence-electron chi connectivity index (χ4n) is 3.22. The van der Waals surface area contributed by atoms with Gasteiger partial charge in [-0.3, -0.25) is 4.98 Å². The Balaban J connectivity index is 1.40. The molecule has 140 valence electrons. The van der Waals surface area contributed by atoms with Gasteiger partial charge in [0.25, 0.3) is 0 Å².